The van der Waals surface area contributed by atoms with E-state index in [-0.39, 0.29) is 30.8 Å². The second-order valence-corrected chi connectivity index (χ2v) is 9.61. The Morgan fingerprint density at radius 2 is 1.47 bits per heavy atom. The summed E-state index contributed by atoms with van der Waals surface area (Å²) in [4.78, 5) is 36.6. The van der Waals surface area contributed by atoms with Crippen molar-refractivity contribution in [3.05, 3.63) is 59.7 Å². The molecule has 3 N–H and O–H groups in total. The predicted octanol–water partition coefficient (Wildman–Crippen LogP) is 4.56. The van der Waals surface area contributed by atoms with Crippen LogP contribution in [0.5, 0.6) is 0 Å². The van der Waals surface area contributed by atoms with Gasteiger partial charge in [0.05, 0.1) is 0 Å². The molecule has 7 nitrogen and oxygen atoms in total. The average Bonchev–Trinajstić information content (AvgIpc) is 3.10. The summed E-state index contributed by atoms with van der Waals surface area (Å²) in [6.45, 7) is 7.77. The SMILES string of the molecule is CC(C)CC(NC(=O)C[C@@H](NC(=O)OCC1c2ccccc2-c2ccccc21)C(C)C)C(=O)O. The highest BCUT2D eigenvalue weighted by Crippen LogP contribution is 2.44. The normalized spacial score (nSPS) is 14.3. The van der Waals surface area contributed by atoms with E-state index in [9.17, 15) is 19.5 Å². The number of carboxylic acid groups (broad SMARTS) is 1. The second kappa shape index (κ2) is 11.2. The van der Waals surface area contributed by atoms with Gasteiger partial charge < -0.3 is 20.5 Å². The Hall–Kier alpha value is -3.35. The van der Waals surface area contributed by atoms with Crippen LogP contribution in [0.15, 0.2) is 48.5 Å². The van der Waals surface area contributed by atoms with Crippen molar-refractivity contribution in [3.8, 4) is 11.1 Å². The van der Waals surface area contributed by atoms with Gasteiger partial charge in [0.2, 0.25) is 5.91 Å². The minimum atomic E-state index is -1.06. The van der Waals surface area contributed by atoms with E-state index in [1.54, 1.807) is 0 Å². The Labute approximate surface area is 200 Å². The van der Waals surface area contributed by atoms with Gasteiger partial charge in [-0.3, -0.25) is 4.79 Å². The highest BCUT2D eigenvalue weighted by molar-refractivity contribution is 5.84. The number of amides is 2. The van der Waals surface area contributed by atoms with Crippen molar-refractivity contribution in [2.45, 2.75) is 58.5 Å². The van der Waals surface area contributed by atoms with Crippen LogP contribution < -0.4 is 10.6 Å². The molecule has 2 amide bonds. The molecule has 0 heterocycles. The second-order valence-electron chi connectivity index (χ2n) is 9.61. The van der Waals surface area contributed by atoms with Gasteiger partial charge in [0.25, 0.3) is 0 Å². The molecule has 0 saturated heterocycles. The van der Waals surface area contributed by atoms with E-state index in [1.165, 1.54) is 0 Å². The summed E-state index contributed by atoms with van der Waals surface area (Å²) in [6, 6.07) is 14.8. The number of aliphatic carboxylic acids is 1. The van der Waals surface area contributed by atoms with Gasteiger partial charge in [-0.15, -0.1) is 0 Å². The molecule has 34 heavy (non-hydrogen) atoms. The smallest absolute Gasteiger partial charge is 0.407 e. The minimum Gasteiger partial charge on any atom is -0.480 e. The number of fused-ring (bicyclic) bond motifs is 3. The predicted molar refractivity (Wildman–Crippen MR) is 130 cm³/mol. The number of hydrogen-bond donors (Lipinski definition) is 3. The van der Waals surface area contributed by atoms with Crippen molar-refractivity contribution in [2.75, 3.05) is 6.61 Å². The van der Waals surface area contributed by atoms with Crippen LogP contribution in [0.25, 0.3) is 11.1 Å². The molecule has 0 saturated carbocycles. The molecule has 0 fully saturated rings. The van der Waals surface area contributed by atoms with Gasteiger partial charge >= 0.3 is 12.1 Å². The van der Waals surface area contributed by atoms with E-state index in [0.29, 0.717) is 6.42 Å². The third kappa shape index (κ3) is 6.16. The third-order valence-electron chi connectivity index (χ3n) is 6.20. The number of ether oxygens (including phenoxy) is 1. The number of alkyl carbamates (subject to hydrolysis) is 1. The molecule has 0 spiro atoms. The highest BCUT2D eigenvalue weighted by atomic mass is 16.5. The molecule has 0 bridgehead atoms. The van der Waals surface area contributed by atoms with Crippen LogP contribution in [-0.4, -0.2) is 41.8 Å². The Balaban J connectivity index is 1.59. The Morgan fingerprint density at radius 1 is 0.912 bits per heavy atom. The number of hydrogen-bond acceptors (Lipinski definition) is 4. The van der Waals surface area contributed by atoms with Gasteiger partial charge in [-0.1, -0.05) is 76.2 Å². The zero-order valence-corrected chi connectivity index (χ0v) is 20.2. The molecular weight excluding hydrogens is 432 g/mol. The Bertz CT molecular complexity index is 988. The van der Waals surface area contributed by atoms with Crippen LogP contribution >= 0.6 is 0 Å². The van der Waals surface area contributed by atoms with E-state index in [0.717, 1.165) is 22.3 Å². The van der Waals surface area contributed by atoms with Gasteiger partial charge in [-0.2, -0.15) is 0 Å². The number of nitrogens with one attached hydrogen (secondary N) is 2. The summed E-state index contributed by atoms with van der Waals surface area (Å²) in [6.07, 6.45) is -0.276. The summed E-state index contributed by atoms with van der Waals surface area (Å²) < 4.78 is 5.60. The lowest BCUT2D eigenvalue weighted by Crippen LogP contribution is -2.46. The maximum absolute atomic E-state index is 12.6. The minimum absolute atomic E-state index is 0.0241. The van der Waals surface area contributed by atoms with E-state index in [2.05, 4.69) is 34.9 Å². The van der Waals surface area contributed by atoms with Crippen molar-refractivity contribution in [3.63, 3.8) is 0 Å². The maximum Gasteiger partial charge on any atom is 0.407 e. The molecule has 2 aromatic carbocycles. The monoisotopic (exact) mass is 466 g/mol. The number of carbonyl (C=O) groups is 3. The average molecular weight is 467 g/mol. The van der Waals surface area contributed by atoms with Crippen molar-refractivity contribution in [2.24, 2.45) is 11.8 Å². The molecule has 1 aliphatic carbocycles. The number of rotatable bonds is 10. The van der Waals surface area contributed by atoms with Crippen LogP contribution in [-0.2, 0) is 14.3 Å². The number of benzene rings is 2. The molecule has 1 unspecified atom stereocenters. The first-order chi connectivity index (χ1) is 16.2. The molecule has 182 valence electrons. The zero-order valence-electron chi connectivity index (χ0n) is 20.2. The van der Waals surface area contributed by atoms with E-state index >= 15 is 0 Å². The van der Waals surface area contributed by atoms with Gasteiger partial charge in [0.15, 0.2) is 0 Å². The maximum atomic E-state index is 12.6. The van der Waals surface area contributed by atoms with Crippen LogP contribution in [0.3, 0.4) is 0 Å². The first-order valence-corrected chi connectivity index (χ1v) is 11.8. The molecule has 2 aromatic rings. The molecule has 7 heteroatoms. The van der Waals surface area contributed by atoms with Crippen LogP contribution in [0, 0.1) is 11.8 Å². The Kier molecular flexibility index (Phi) is 8.31. The van der Waals surface area contributed by atoms with Gasteiger partial charge in [0.1, 0.15) is 12.6 Å². The van der Waals surface area contributed by atoms with Crippen LogP contribution in [0.4, 0.5) is 4.79 Å². The fraction of sp³-hybridized carbons (Fsp3) is 0.444. The summed E-state index contributed by atoms with van der Waals surface area (Å²) in [5, 5.41) is 14.7. The summed E-state index contributed by atoms with van der Waals surface area (Å²) in [7, 11) is 0. The fourth-order valence-corrected chi connectivity index (χ4v) is 4.39. The van der Waals surface area contributed by atoms with Gasteiger partial charge in [0, 0.05) is 18.4 Å². The standard InChI is InChI=1S/C27H34N2O5/c1-16(2)13-24(26(31)32)28-25(30)14-23(17(3)4)29-27(33)34-15-22-20-11-7-5-9-18(20)19-10-6-8-12-21(19)22/h5-12,16-17,22-24H,13-15H2,1-4H3,(H,28,30)(H,29,33)(H,31,32)/t23-,24?/m1/s1. The van der Waals surface area contributed by atoms with Gasteiger partial charge in [-0.05, 0) is 40.5 Å². The molecule has 2 atom stereocenters. The summed E-state index contributed by atoms with van der Waals surface area (Å²) >= 11 is 0. The Morgan fingerprint density at radius 3 is 1.97 bits per heavy atom. The molecular formula is C27H34N2O5. The van der Waals surface area contributed by atoms with Gasteiger partial charge in [-0.25, -0.2) is 9.59 Å². The summed E-state index contributed by atoms with van der Waals surface area (Å²) in [5.41, 5.74) is 4.55. The lowest BCUT2D eigenvalue weighted by molar-refractivity contribution is -0.142. The number of carbonyl (C=O) groups excluding carboxylic acids is 2. The lowest BCUT2D eigenvalue weighted by atomic mass is 9.98. The van der Waals surface area contributed by atoms with E-state index < -0.39 is 30.1 Å². The molecule has 1 aliphatic rings. The fourth-order valence-electron chi connectivity index (χ4n) is 4.39. The van der Waals surface area contributed by atoms with Crippen molar-refractivity contribution >= 4 is 18.0 Å². The van der Waals surface area contributed by atoms with Crippen molar-refractivity contribution in [1.82, 2.24) is 10.6 Å². The molecule has 0 radical (unpaired) electrons. The largest absolute Gasteiger partial charge is 0.480 e. The van der Waals surface area contributed by atoms with Crippen molar-refractivity contribution < 1.29 is 24.2 Å². The van der Waals surface area contributed by atoms with E-state index in [4.69, 9.17) is 4.74 Å². The summed E-state index contributed by atoms with van der Waals surface area (Å²) in [5.74, 6) is -1.44. The number of carboxylic acids is 1. The topological polar surface area (TPSA) is 105 Å². The first-order valence-electron chi connectivity index (χ1n) is 11.8. The quantitative estimate of drug-likeness (QED) is 0.476. The molecule has 0 aromatic heterocycles. The first kappa shape index (κ1) is 25.3. The highest BCUT2D eigenvalue weighted by Gasteiger charge is 2.30. The van der Waals surface area contributed by atoms with E-state index in [1.807, 2.05) is 52.0 Å². The third-order valence-corrected chi connectivity index (χ3v) is 6.20. The van der Waals surface area contributed by atoms with Crippen molar-refractivity contribution in [1.29, 1.82) is 0 Å². The van der Waals surface area contributed by atoms with Crippen LogP contribution in [0.2, 0.25) is 0 Å². The lowest BCUT2D eigenvalue weighted by Gasteiger charge is -2.24. The van der Waals surface area contributed by atoms with Crippen LogP contribution in [0.1, 0.15) is 57.6 Å². The zero-order chi connectivity index (χ0) is 24.8. The molecule has 0 aliphatic heterocycles. The molecule has 3 rings (SSSR count).